The summed E-state index contributed by atoms with van der Waals surface area (Å²) in [4.78, 5) is 9.81. The number of carbonyl (C=O) groups is 1. The summed E-state index contributed by atoms with van der Waals surface area (Å²) in [6, 6.07) is 0. The Morgan fingerprint density at radius 2 is 1.67 bits per heavy atom. The first kappa shape index (κ1) is 15.8. The SMILES string of the molecule is CCC(C)=O.[CH-]1CCCCC1.[K+]. The van der Waals surface area contributed by atoms with Crippen molar-refractivity contribution in [1.82, 2.24) is 0 Å². The van der Waals surface area contributed by atoms with Crippen molar-refractivity contribution < 1.29 is 56.2 Å². The third-order valence-electron chi connectivity index (χ3n) is 1.81. The molecule has 0 aromatic carbocycles. The molecule has 1 aliphatic carbocycles. The Hall–Kier alpha value is 1.31. The molecule has 0 heterocycles. The largest absolute Gasteiger partial charge is 1.00 e. The summed E-state index contributed by atoms with van der Waals surface area (Å²) in [6.07, 6.45) is 10.2. The van der Waals surface area contributed by atoms with Gasteiger partial charge in [0, 0.05) is 6.42 Å². The second kappa shape index (κ2) is 12.3. The Kier molecular flexibility index (Phi) is 16.2. The van der Waals surface area contributed by atoms with E-state index in [4.69, 9.17) is 0 Å². The fourth-order valence-corrected chi connectivity index (χ4v) is 0.898. The molecule has 0 unspecified atom stereocenters. The van der Waals surface area contributed by atoms with Crippen molar-refractivity contribution in [1.29, 1.82) is 0 Å². The van der Waals surface area contributed by atoms with Crippen LogP contribution < -0.4 is 51.4 Å². The Morgan fingerprint density at radius 1 is 1.25 bits per heavy atom. The van der Waals surface area contributed by atoms with E-state index in [9.17, 15) is 4.79 Å². The molecule has 0 atom stereocenters. The van der Waals surface area contributed by atoms with Gasteiger partial charge in [-0.3, -0.25) is 0 Å². The molecule has 1 saturated carbocycles. The van der Waals surface area contributed by atoms with Crippen LogP contribution in [0.5, 0.6) is 0 Å². The van der Waals surface area contributed by atoms with E-state index in [1.54, 1.807) is 6.92 Å². The maximum absolute atomic E-state index is 9.81. The molecule has 2 heteroatoms. The van der Waals surface area contributed by atoms with Gasteiger partial charge in [0.1, 0.15) is 5.78 Å². The third kappa shape index (κ3) is 13.9. The van der Waals surface area contributed by atoms with Gasteiger partial charge in [-0.2, -0.15) is 12.8 Å². The van der Waals surface area contributed by atoms with Crippen molar-refractivity contribution in [3.8, 4) is 0 Å². The van der Waals surface area contributed by atoms with E-state index in [2.05, 4.69) is 6.42 Å². The first-order valence-corrected chi connectivity index (χ1v) is 4.58. The van der Waals surface area contributed by atoms with E-state index in [0.29, 0.717) is 6.42 Å². The molecule has 0 N–H and O–H groups in total. The standard InChI is InChI=1S/C6H11.C4H8O.K/c1-2-4-6-5-3-1;1-3-4(2)5;/h1H,2-6H2;3H2,1-2H3;/q-1;;+1. The Balaban J connectivity index is 0. The maximum atomic E-state index is 9.81. The molecule has 0 aliphatic heterocycles. The molecule has 0 amide bonds. The van der Waals surface area contributed by atoms with Crippen LogP contribution in [0.15, 0.2) is 0 Å². The van der Waals surface area contributed by atoms with Gasteiger partial charge in [0.25, 0.3) is 0 Å². The predicted octanol–water partition coefficient (Wildman–Crippen LogP) is 0.144. The molecular weight excluding hydrogens is 175 g/mol. The number of carbonyl (C=O) groups excluding carboxylic acids is 1. The van der Waals surface area contributed by atoms with Gasteiger partial charge in [0.2, 0.25) is 0 Å². The van der Waals surface area contributed by atoms with Crippen molar-refractivity contribution in [2.45, 2.75) is 52.4 Å². The van der Waals surface area contributed by atoms with Crippen LogP contribution in [-0.4, -0.2) is 5.78 Å². The second-order valence-corrected chi connectivity index (χ2v) is 2.98. The van der Waals surface area contributed by atoms with Crippen LogP contribution in [0.25, 0.3) is 0 Å². The summed E-state index contributed by atoms with van der Waals surface area (Å²) in [5, 5.41) is 0. The van der Waals surface area contributed by atoms with E-state index in [1.807, 2.05) is 6.92 Å². The van der Waals surface area contributed by atoms with Crippen LogP contribution >= 0.6 is 0 Å². The summed E-state index contributed by atoms with van der Waals surface area (Å²) >= 11 is 0. The van der Waals surface area contributed by atoms with Gasteiger partial charge >= 0.3 is 51.4 Å². The number of hydrogen-bond donors (Lipinski definition) is 0. The molecule has 0 spiro atoms. The van der Waals surface area contributed by atoms with Crippen molar-refractivity contribution in [2.24, 2.45) is 0 Å². The molecule has 66 valence electrons. The van der Waals surface area contributed by atoms with Gasteiger partial charge in [0.15, 0.2) is 0 Å². The van der Waals surface area contributed by atoms with Crippen LogP contribution in [0.4, 0.5) is 0 Å². The van der Waals surface area contributed by atoms with Crippen molar-refractivity contribution in [3.63, 3.8) is 0 Å². The zero-order valence-corrected chi connectivity index (χ0v) is 11.9. The number of hydrogen-bond acceptors (Lipinski definition) is 1. The zero-order valence-electron chi connectivity index (χ0n) is 8.73. The fourth-order valence-electron chi connectivity index (χ4n) is 0.898. The van der Waals surface area contributed by atoms with E-state index in [1.165, 1.54) is 32.1 Å². The molecule has 0 aromatic rings. The minimum absolute atomic E-state index is 0. The van der Waals surface area contributed by atoms with Gasteiger partial charge in [-0.05, 0) is 6.92 Å². The molecular formula is C10H19KO. The molecule has 0 bridgehead atoms. The third-order valence-corrected chi connectivity index (χ3v) is 1.81. The van der Waals surface area contributed by atoms with Crippen LogP contribution in [0.2, 0.25) is 0 Å². The van der Waals surface area contributed by atoms with Crippen molar-refractivity contribution in [2.75, 3.05) is 0 Å². The van der Waals surface area contributed by atoms with Gasteiger partial charge in [-0.25, -0.2) is 0 Å². The monoisotopic (exact) mass is 194 g/mol. The first-order chi connectivity index (χ1) is 5.27. The fraction of sp³-hybridized carbons (Fsp3) is 0.800. The molecule has 12 heavy (non-hydrogen) atoms. The smallest absolute Gasteiger partial charge is 0.328 e. The van der Waals surface area contributed by atoms with Crippen molar-refractivity contribution in [3.05, 3.63) is 6.42 Å². The molecule has 0 radical (unpaired) electrons. The Labute approximate surface area is 119 Å². The topological polar surface area (TPSA) is 17.1 Å². The van der Waals surface area contributed by atoms with Gasteiger partial charge in [-0.1, -0.05) is 26.2 Å². The number of rotatable bonds is 1. The predicted molar refractivity (Wildman–Crippen MR) is 48.4 cm³/mol. The maximum Gasteiger partial charge on any atom is 1.00 e. The molecule has 0 aromatic heterocycles. The molecule has 0 saturated heterocycles. The summed E-state index contributed by atoms with van der Waals surface area (Å²) in [7, 11) is 0. The van der Waals surface area contributed by atoms with E-state index in [0.717, 1.165) is 0 Å². The minimum Gasteiger partial charge on any atom is -0.328 e. The van der Waals surface area contributed by atoms with Crippen LogP contribution in [0, 0.1) is 6.42 Å². The van der Waals surface area contributed by atoms with Gasteiger partial charge in [-0.15, -0.1) is 0 Å². The normalized spacial score (nSPS) is 15.2. The van der Waals surface area contributed by atoms with Crippen LogP contribution in [-0.2, 0) is 4.79 Å². The van der Waals surface area contributed by atoms with Crippen molar-refractivity contribution >= 4 is 5.78 Å². The Bertz CT molecular complexity index is 86.5. The quantitative estimate of drug-likeness (QED) is 0.429. The number of ketones is 1. The zero-order chi connectivity index (χ0) is 8.53. The molecule has 1 nitrogen and oxygen atoms in total. The number of Topliss-reactive ketones (excluding diaryl/α,β-unsaturated/α-hetero) is 1. The molecule has 1 rings (SSSR count). The minimum atomic E-state index is 0. The summed E-state index contributed by atoms with van der Waals surface area (Å²) < 4.78 is 0. The summed E-state index contributed by atoms with van der Waals surface area (Å²) in [6.45, 7) is 3.43. The van der Waals surface area contributed by atoms with Crippen LogP contribution in [0.3, 0.4) is 0 Å². The average Bonchev–Trinajstić information content (AvgIpc) is 2.09. The van der Waals surface area contributed by atoms with E-state index in [-0.39, 0.29) is 57.2 Å². The van der Waals surface area contributed by atoms with Crippen LogP contribution in [0.1, 0.15) is 52.4 Å². The molecule has 1 aliphatic rings. The van der Waals surface area contributed by atoms with E-state index >= 15 is 0 Å². The summed E-state index contributed by atoms with van der Waals surface area (Å²) in [5.41, 5.74) is 0. The first-order valence-electron chi connectivity index (χ1n) is 4.58. The molecule has 1 fully saturated rings. The summed E-state index contributed by atoms with van der Waals surface area (Å²) in [5.74, 6) is 0.255. The second-order valence-electron chi connectivity index (χ2n) is 2.98. The Morgan fingerprint density at radius 3 is 1.75 bits per heavy atom. The van der Waals surface area contributed by atoms with Gasteiger partial charge < -0.3 is 11.2 Å². The van der Waals surface area contributed by atoms with Gasteiger partial charge in [0.05, 0.1) is 0 Å². The average molecular weight is 194 g/mol. The van der Waals surface area contributed by atoms with E-state index < -0.39 is 0 Å².